The van der Waals surface area contributed by atoms with E-state index in [4.69, 9.17) is 54.3 Å². The molecule has 116 heavy (non-hydrogen) atoms. The average Bonchev–Trinajstić information content (AvgIpc) is 0.931. The normalized spacial score (nSPS) is 16.8. The van der Waals surface area contributed by atoms with E-state index >= 15 is 0 Å². The molecule has 0 aromatic heterocycles. The molecule has 0 rings (SSSR count). The van der Waals surface area contributed by atoms with E-state index in [2.05, 4.69) is 322 Å². The van der Waals surface area contributed by atoms with Crippen LogP contribution in [-0.2, 0) is 54.3 Å². The largest absolute Gasteiger partial charge is 0.359 e. The first-order chi connectivity index (χ1) is 56.3. The smallest absolute Gasteiger partial charge is 0.107 e. The number of hydrogen-bond acceptors (Lipinski definition) is 12. The molecule has 0 aliphatic heterocycles. The zero-order valence-electron chi connectivity index (χ0n) is 70.1. The Morgan fingerprint density at radius 1 is 0.250 bits per heavy atom. The first-order valence-corrected chi connectivity index (χ1v) is 70.1. The van der Waals surface area contributed by atoms with Crippen LogP contribution in [0.25, 0.3) is 0 Å². The molecule has 32 unspecified atom stereocenters. The molecule has 36 heteroatoms. The number of rotatable bonds is 68. The summed E-state index contributed by atoms with van der Waals surface area (Å²) in [6, 6.07) is 0. The summed E-state index contributed by atoms with van der Waals surface area (Å²) in [6.07, 6.45) is 104. The van der Waals surface area contributed by atoms with Crippen LogP contribution in [0.2, 0.25) is 0 Å². The SMILES string of the molecule is CC/C=C\CC(/C=C/C=C\C=C\C=C\C(OPP)C(CCCC)OP)OP(P)P.CCC=CCC(C=CC=CC=CC=CC(OPP)C(CCCC)OP)OP(P)P.CCCCC(C=CC=CC=CC(CC=CC=CC(CC)OP(P)P)OPP)OP.CCCCC(\C=C/C=C/C=C/C(C/C=C\C=C\C(CC)OP(P)P)OPP)OP. The second kappa shape index (κ2) is 102. The minimum Gasteiger partial charge on any atom is -0.359 e. The highest BCUT2D eigenvalue weighted by Crippen LogP contribution is 2.57. The molecule has 0 aliphatic carbocycles. The van der Waals surface area contributed by atoms with E-state index in [0.717, 1.165) is 103 Å². The van der Waals surface area contributed by atoms with E-state index in [9.17, 15) is 0 Å². The third kappa shape index (κ3) is 90.6. The lowest BCUT2D eigenvalue weighted by molar-refractivity contribution is 0.104. The molecule has 0 aliphatic rings. The van der Waals surface area contributed by atoms with E-state index in [0.29, 0.717) is 34.0 Å². The molecule has 0 N–H and O–H groups in total. The number of hydrogen-bond donors (Lipinski definition) is 0. The maximum atomic E-state index is 5.91. The highest BCUT2D eigenvalue weighted by atomic mass is 32.4. The van der Waals surface area contributed by atoms with Gasteiger partial charge in [0.05, 0.1) is 91.1 Å². The van der Waals surface area contributed by atoms with Crippen molar-refractivity contribution in [2.45, 2.75) is 257 Å². The van der Waals surface area contributed by atoms with Gasteiger partial charge in [-0.2, -0.15) is 0 Å². The van der Waals surface area contributed by atoms with E-state index in [1.807, 2.05) is 122 Å². The van der Waals surface area contributed by atoms with Crippen LogP contribution in [0.4, 0.5) is 0 Å². The minimum absolute atomic E-state index is 0.0359. The van der Waals surface area contributed by atoms with Gasteiger partial charge in [-0.25, -0.2) is 0 Å². The molecule has 664 valence electrons. The molecule has 0 aromatic carbocycles. The maximum absolute atomic E-state index is 5.91. The van der Waals surface area contributed by atoms with Gasteiger partial charge in [0.1, 0.15) is 12.2 Å². The highest BCUT2D eigenvalue weighted by molar-refractivity contribution is 8.42. The quantitative estimate of drug-likeness (QED) is 0.0328. The number of allylic oxidation sites excluding steroid dienone is 26. The van der Waals surface area contributed by atoms with Crippen molar-refractivity contribution in [3.63, 3.8) is 0 Å². The maximum Gasteiger partial charge on any atom is 0.107 e. The Morgan fingerprint density at radius 2 is 0.491 bits per heavy atom. The summed E-state index contributed by atoms with van der Waals surface area (Å²) >= 11 is 0. The topological polar surface area (TPSA) is 111 Å². The van der Waals surface area contributed by atoms with Gasteiger partial charge in [-0.1, -0.05) is 457 Å². The summed E-state index contributed by atoms with van der Waals surface area (Å²) in [5.41, 5.74) is 0. The lowest BCUT2D eigenvalue weighted by atomic mass is 10.1. The summed E-state index contributed by atoms with van der Waals surface area (Å²) < 4.78 is 68.4. The first-order valence-electron chi connectivity index (χ1n) is 39.4. The van der Waals surface area contributed by atoms with Gasteiger partial charge in [-0.05, 0) is 77.0 Å². The zero-order chi connectivity index (χ0) is 87.0. The summed E-state index contributed by atoms with van der Waals surface area (Å²) in [5.74, 6) is 0. The number of unbranched alkanes of at least 4 members (excludes halogenated alkanes) is 4. The van der Waals surface area contributed by atoms with Crippen molar-refractivity contribution in [1.29, 1.82) is 0 Å². The molecular formula is C80H152O12P24. The molecule has 0 amide bonds. The average molecular weight is 2050 g/mol. The third-order valence-corrected chi connectivity index (χ3v) is 24.9. The molecule has 0 fully saturated rings. The fourth-order valence-electron chi connectivity index (χ4n) is 9.23. The van der Waals surface area contributed by atoms with Gasteiger partial charge >= 0.3 is 0 Å². The molecule has 32 atom stereocenters. The van der Waals surface area contributed by atoms with Crippen molar-refractivity contribution in [2.75, 3.05) is 0 Å². The Kier molecular flexibility index (Phi) is 111. The summed E-state index contributed by atoms with van der Waals surface area (Å²) in [7, 11) is 41.0. The van der Waals surface area contributed by atoms with Gasteiger partial charge in [0.25, 0.3) is 0 Å². The van der Waals surface area contributed by atoms with Gasteiger partial charge in [0.2, 0.25) is 0 Å². The molecular weight excluding hydrogens is 1900 g/mol. The van der Waals surface area contributed by atoms with E-state index in [1.54, 1.807) is 0 Å². The van der Waals surface area contributed by atoms with Crippen molar-refractivity contribution < 1.29 is 54.3 Å². The van der Waals surface area contributed by atoms with Crippen LogP contribution < -0.4 is 0 Å². The van der Waals surface area contributed by atoms with Gasteiger partial charge in [-0.15, -0.1) is 0 Å². The highest BCUT2D eigenvalue weighted by Gasteiger charge is 2.20. The van der Waals surface area contributed by atoms with Crippen LogP contribution in [0.1, 0.15) is 184 Å². The van der Waals surface area contributed by atoms with Gasteiger partial charge in [0.15, 0.2) is 0 Å². The van der Waals surface area contributed by atoms with Crippen molar-refractivity contribution in [1.82, 2.24) is 0 Å². The lowest BCUT2D eigenvalue weighted by Gasteiger charge is -2.22. The Balaban J connectivity index is -0.000000721. The van der Waals surface area contributed by atoms with Crippen LogP contribution in [-0.4, -0.2) is 73.2 Å². The lowest BCUT2D eigenvalue weighted by Crippen LogP contribution is -2.25. The van der Waals surface area contributed by atoms with E-state index in [1.165, 1.54) is 25.7 Å². The molecule has 0 aromatic rings. The summed E-state index contributed by atoms with van der Waals surface area (Å²) in [5, 5.41) is 0. The van der Waals surface area contributed by atoms with Gasteiger partial charge in [-0.3, -0.25) is 0 Å². The summed E-state index contributed by atoms with van der Waals surface area (Å²) in [4.78, 5) is 0. The Hall–Kier alpha value is 4.64. The van der Waals surface area contributed by atoms with E-state index in [-0.39, 0.29) is 73.2 Å². The third-order valence-electron chi connectivity index (χ3n) is 15.2. The summed E-state index contributed by atoms with van der Waals surface area (Å²) in [6.45, 7) is 17.3. The fraction of sp³-hybridized carbons (Fsp3) is 0.500. The molecule has 0 saturated carbocycles. The zero-order valence-corrected chi connectivity index (χ0v) is 96.1. The Labute approximate surface area is 757 Å². The second-order valence-corrected chi connectivity index (χ2v) is 53.7. The fourth-order valence-corrected chi connectivity index (χ4v) is 19.5. The van der Waals surface area contributed by atoms with Crippen LogP contribution in [0, 0.1) is 0 Å². The minimum atomic E-state index is -0.538. The van der Waals surface area contributed by atoms with Gasteiger partial charge < -0.3 is 54.3 Å². The van der Waals surface area contributed by atoms with E-state index < -0.39 is 30.1 Å². The van der Waals surface area contributed by atoms with Crippen molar-refractivity contribution in [3.05, 3.63) is 243 Å². The van der Waals surface area contributed by atoms with Crippen LogP contribution in [0.5, 0.6) is 0 Å². The Morgan fingerprint density at radius 3 is 0.750 bits per heavy atom. The van der Waals surface area contributed by atoms with Crippen LogP contribution in [0.15, 0.2) is 243 Å². The predicted molar refractivity (Wildman–Crippen MR) is 595 cm³/mol. The van der Waals surface area contributed by atoms with Crippen LogP contribution in [0.3, 0.4) is 0 Å². The Bertz CT molecular complexity index is 2630. The predicted octanol–water partition coefficient (Wildman–Crippen LogP) is 32.3. The molecule has 0 heterocycles. The molecule has 0 bridgehead atoms. The molecule has 12 nitrogen and oxygen atoms in total. The molecule has 0 radical (unpaired) electrons. The standard InChI is InChI=1S/4C20H38O3P6/c2*1-3-5-13-19(21-24)15-9-6-7-10-16-20(22-28-25)17-12-8-11-14-18(4-2)23-29(26)27;2*1-3-5-11-14-18(23-29(26)27)15-12-9-7-8-10-13-17-20(22-28-25)19(21-24)16-6-4-2/h2*6-12,14-16,18-20,28H,3-5,13,17,24-27H2,1-2H3;2*5,7-13,15,17-20,28H,3-4,6,14,16,24-27H2,1-2H3/b7-6+,12-8-,14-11+,15-9-,16-10+;;9-7-,10-8+,11-5-,15-12+,17-13+;. The van der Waals surface area contributed by atoms with Crippen molar-refractivity contribution in [3.8, 4) is 0 Å². The monoisotopic (exact) mass is 2050 g/mol. The first kappa shape index (κ1) is 127. The van der Waals surface area contributed by atoms with Crippen molar-refractivity contribution in [2.24, 2.45) is 0 Å². The van der Waals surface area contributed by atoms with Gasteiger partial charge in [0, 0.05) is 71.9 Å². The molecule has 0 saturated heterocycles. The van der Waals surface area contributed by atoms with Crippen molar-refractivity contribution >= 4 is 209 Å². The van der Waals surface area contributed by atoms with Crippen LogP contribution >= 0.6 is 209 Å². The molecule has 0 spiro atoms. The second-order valence-electron chi connectivity index (χ2n) is 24.8.